The van der Waals surface area contributed by atoms with Gasteiger partial charge in [-0.2, -0.15) is 0 Å². The Morgan fingerprint density at radius 1 is 0.962 bits per heavy atom. The molecule has 1 fully saturated rings. The first-order chi connectivity index (χ1) is 12.3. The molecule has 132 valence electrons. The number of rotatable bonds is 2. The van der Waals surface area contributed by atoms with Crippen molar-refractivity contribution in [3.63, 3.8) is 0 Å². The largest absolute Gasteiger partial charge is 0.507 e. The van der Waals surface area contributed by atoms with Crippen LogP contribution in [0.5, 0.6) is 5.75 Å². The minimum Gasteiger partial charge on any atom is -0.507 e. The van der Waals surface area contributed by atoms with E-state index in [9.17, 15) is 19.5 Å². The predicted octanol–water partition coefficient (Wildman–Crippen LogP) is 2.98. The maximum Gasteiger partial charge on any atom is 0.335 e. The van der Waals surface area contributed by atoms with Gasteiger partial charge in [-0.1, -0.05) is 17.7 Å². The average molecular weight is 350 g/mol. The number of imide groups is 2. The Morgan fingerprint density at radius 2 is 1.54 bits per heavy atom. The highest BCUT2D eigenvalue weighted by molar-refractivity contribution is 6.39. The highest BCUT2D eigenvalue weighted by atomic mass is 16.3. The topological polar surface area (TPSA) is 86.7 Å². The van der Waals surface area contributed by atoms with E-state index in [1.54, 1.807) is 50.2 Å². The van der Waals surface area contributed by atoms with Crippen molar-refractivity contribution in [2.45, 2.75) is 20.8 Å². The summed E-state index contributed by atoms with van der Waals surface area (Å²) in [5, 5.41) is 12.1. The third-order valence-corrected chi connectivity index (χ3v) is 4.22. The zero-order valence-corrected chi connectivity index (χ0v) is 14.7. The smallest absolute Gasteiger partial charge is 0.335 e. The highest BCUT2D eigenvalue weighted by Crippen LogP contribution is 2.26. The van der Waals surface area contributed by atoms with Crippen LogP contribution in [-0.2, 0) is 9.59 Å². The predicted molar refractivity (Wildman–Crippen MR) is 97.8 cm³/mol. The normalized spacial score (nSPS) is 16.2. The zero-order valence-electron chi connectivity index (χ0n) is 14.7. The molecule has 0 radical (unpaired) electrons. The number of barbiturate groups is 1. The van der Waals surface area contributed by atoms with E-state index in [0.29, 0.717) is 22.4 Å². The van der Waals surface area contributed by atoms with Gasteiger partial charge in [0.2, 0.25) is 0 Å². The van der Waals surface area contributed by atoms with Crippen LogP contribution in [0.1, 0.15) is 22.3 Å². The van der Waals surface area contributed by atoms with E-state index >= 15 is 0 Å². The van der Waals surface area contributed by atoms with Gasteiger partial charge in [0.25, 0.3) is 11.8 Å². The van der Waals surface area contributed by atoms with Gasteiger partial charge in [0, 0.05) is 0 Å². The van der Waals surface area contributed by atoms with Crippen molar-refractivity contribution in [3.8, 4) is 5.75 Å². The molecular weight excluding hydrogens is 332 g/mol. The van der Waals surface area contributed by atoms with Crippen molar-refractivity contribution < 1.29 is 19.5 Å². The third kappa shape index (κ3) is 3.09. The van der Waals surface area contributed by atoms with Gasteiger partial charge >= 0.3 is 6.03 Å². The number of anilines is 1. The minimum absolute atomic E-state index is 0.144. The maximum atomic E-state index is 12.8. The van der Waals surface area contributed by atoms with Gasteiger partial charge in [0.05, 0.1) is 5.69 Å². The van der Waals surface area contributed by atoms with Crippen molar-refractivity contribution in [2.75, 3.05) is 4.90 Å². The number of aryl methyl sites for hydroxylation is 3. The summed E-state index contributed by atoms with van der Waals surface area (Å²) in [6.45, 7) is 5.36. The molecule has 1 saturated heterocycles. The summed E-state index contributed by atoms with van der Waals surface area (Å²) in [5.74, 6) is -1.26. The van der Waals surface area contributed by atoms with Gasteiger partial charge in [0.15, 0.2) is 0 Å². The number of phenols is 1. The first-order valence-electron chi connectivity index (χ1n) is 8.06. The number of nitrogens with one attached hydrogen (secondary N) is 1. The molecule has 2 aromatic carbocycles. The lowest BCUT2D eigenvalue weighted by Gasteiger charge is -2.26. The second-order valence-electron chi connectivity index (χ2n) is 6.30. The van der Waals surface area contributed by atoms with E-state index in [0.717, 1.165) is 10.5 Å². The lowest BCUT2D eigenvalue weighted by Crippen LogP contribution is -2.54. The number of hydrogen-bond acceptors (Lipinski definition) is 4. The van der Waals surface area contributed by atoms with Crippen LogP contribution in [0.2, 0.25) is 0 Å². The number of nitrogens with zero attached hydrogens (tertiary/aromatic N) is 1. The fraction of sp³-hybridized carbons (Fsp3) is 0.150. The molecule has 1 aliphatic heterocycles. The number of amides is 4. The van der Waals surface area contributed by atoms with E-state index < -0.39 is 17.8 Å². The Labute approximate surface area is 150 Å². The molecule has 0 aliphatic carbocycles. The highest BCUT2D eigenvalue weighted by Gasteiger charge is 2.36. The second-order valence-corrected chi connectivity index (χ2v) is 6.30. The Balaban J connectivity index is 2.04. The Kier molecular flexibility index (Phi) is 4.34. The number of carbonyl (C=O) groups excluding carboxylic acids is 3. The molecule has 0 saturated carbocycles. The first kappa shape index (κ1) is 17.4. The first-order valence-corrected chi connectivity index (χ1v) is 8.06. The fourth-order valence-electron chi connectivity index (χ4n) is 2.83. The van der Waals surface area contributed by atoms with Crippen LogP contribution < -0.4 is 10.2 Å². The fourth-order valence-corrected chi connectivity index (χ4v) is 2.83. The second kappa shape index (κ2) is 6.48. The van der Waals surface area contributed by atoms with Crippen LogP contribution in [-0.4, -0.2) is 23.0 Å². The molecule has 2 N–H and O–H groups in total. The van der Waals surface area contributed by atoms with Crippen molar-refractivity contribution in [2.24, 2.45) is 0 Å². The van der Waals surface area contributed by atoms with Gasteiger partial charge in [-0.15, -0.1) is 0 Å². The van der Waals surface area contributed by atoms with Gasteiger partial charge in [-0.3, -0.25) is 14.9 Å². The van der Waals surface area contributed by atoms with E-state index in [1.807, 2.05) is 6.92 Å². The Hall–Kier alpha value is -3.41. The number of carbonyl (C=O) groups is 3. The van der Waals surface area contributed by atoms with Crippen LogP contribution in [0.3, 0.4) is 0 Å². The van der Waals surface area contributed by atoms with Crippen molar-refractivity contribution in [1.82, 2.24) is 5.32 Å². The molecule has 0 unspecified atom stereocenters. The molecule has 6 heteroatoms. The monoisotopic (exact) mass is 350 g/mol. The van der Waals surface area contributed by atoms with E-state index in [4.69, 9.17) is 0 Å². The van der Waals surface area contributed by atoms with Gasteiger partial charge in [0.1, 0.15) is 11.3 Å². The number of aromatic hydroxyl groups is 1. The number of hydrogen-bond donors (Lipinski definition) is 2. The Morgan fingerprint density at radius 3 is 2.12 bits per heavy atom. The molecule has 1 aliphatic rings. The average Bonchev–Trinajstić information content (AvgIpc) is 2.58. The quantitative estimate of drug-likeness (QED) is 0.644. The van der Waals surface area contributed by atoms with Gasteiger partial charge in [-0.05, 0) is 67.8 Å². The maximum absolute atomic E-state index is 12.8. The molecule has 0 bridgehead atoms. The van der Waals surface area contributed by atoms with E-state index in [-0.39, 0.29) is 11.3 Å². The van der Waals surface area contributed by atoms with Gasteiger partial charge in [-0.25, -0.2) is 9.69 Å². The number of benzene rings is 2. The van der Waals surface area contributed by atoms with Crippen molar-refractivity contribution in [1.29, 1.82) is 0 Å². The summed E-state index contributed by atoms with van der Waals surface area (Å²) < 4.78 is 0. The molecule has 4 amide bonds. The summed E-state index contributed by atoms with van der Waals surface area (Å²) in [6.07, 6.45) is 1.42. The summed E-state index contributed by atoms with van der Waals surface area (Å²) in [6, 6.07) is 9.42. The molecule has 2 aromatic rings. The van der Waals surface area contributed by atoms with Crippen molar-refractivity contribution >= 4 is 29.6 Å². The number of phenolic OH excluding ortho intramolecular Hbond substituents is 1. The lowest BCUT2D eigenvalue weighted by atomic mass is 10.0. The molecule has 1 heterocycles. The number of urea groups is 1. The van der Waals surface area contributed by atoms with Crippen LogP contribution in [0, 0.1) is 20.8 Å². The molecule has 0 aromatic heterocycles. The summed E-state index contributed by atoms with van der Waals surface area (Å²) in [7, 11) is 0. The standard InChI is InChI=1S/C20H18N2O4/c1-11-4-6-15(7-5-11)22-19(25)16(18(24)21-20(22)26)10-14-8-12(2)17(23)13(3)9-14/h4-10,23H,1-3H3,(H,21,24,26). The molecule has 0 atom stereocenters. The SMILES string of the molecule is Cc1ccc(N2C(=O)NC(=O)C(=Cc3cc(C)c(O)c(C)c3)C2=O)cc1. The molecule has 0 spiro atoms. The summed E-state index contributed by atoms with van der Waals surface area (Å²) in [4.78, 5) is 38.1. The minimum atomic E-state index is -0.779. The zero-order chi connectivity index (χ0) is 19.0. The van der Waals surface area contributed by atoms with Crippen LogP contribution >= 0.6 is 0 Å². The van der Waals surface area contributed by atoms with Crippen LogP contribution in [0.25, 0.3) is 6.08 Å². The Bertz CT molecular complexity index is 935. The van der Waals surface area contributed by atoms with Gasteiger partial charge < -0.3 is 5.11 Å². The lowest BCUT2D eigenvalue weighted by molar-refractivity contribution is -0.122. The van der Waals surface area contributed by atoms with E-state index in [2.05, 4.69) is 5.32 Å². The molecule has 3 rings (SSSR count). The molecule has 6 nitrogen and oxygen atoms in total. The summed E-state index contributed by atoms with van der Waals surface area (Å²) >= 11 is 0. The summed E-state index contributed by atoms with van der Waals surface area (Å²) in [5.41, 5.74) is 3.08. The van der Waals surface area contributed by atoms with E-state index in [1.165, 1.54) is 6.08 Å². The van der Waals surface area contributed by atoms with Crippen LogP contribution in [0.15, 0.2) is 42.0 Å². The third-order valence-electron chi connectivity index (χ3n) is 4.22. The van der Waals surface area contributed by atoms with Crippen LogP contribution in [0.4, 0.5) is 10.5 Å². The van der Waals surface area contributed by atoms with Crippen molar-refractivity contribution in [3.05, 3.63) is 64.2 Å². The molecular formula is C20H18N2O4. The molecule has 26 heavy (non-hydrogen) atoms.